The molecule has 2 aliphatic rings. The molecule has 2 heterocycles. The Balaban J connectivity index is 1.10. The van der Waals surface area contributed by atoms with Crippen molar-refractivity contribution in [2.45, 2.75) is 84.0 Å². The van der Waals surface area contributed by atoms with Gasteiger partial charge in [-0.25, -0.2) is 4.90 Å². The summed E-state index contributed by atoms with van der Waals surface area (Å²) in [6.07, 6.45) is -22.4. The summed E-state index contributed by atoms with van der Waals surface area (Å²) in [6, 6.07) is 14.9. The lowest BCUT2D eigenvalue weighted by molar-refractivity contribution is -0.288. The second-order valence-electron chi connectivity index (χ2n) is 18.8. The molecule has 8 rings (SSSR count). The number of alkyl halides is 12. The fourth-order valence-corrected chi connectivity index (χ4v) is 9.54. The molecular weight excluding hydrogens is 1000 g/mol. The van der Waals surface area contributed by atoms with Gasteiger partial charge in [0.1, 0.15) is 28.6 Å². The number of nitrogens with zero attached hydrogens (tertiary/aromatic N) is 2. The average Bonchev–Trinajstić information content (AvgIpc) is 3.66. The van der Waals surface area contributed by atoms with E-state index >= 15 is 26.3 Å². The Bertz CT molecular complexity index is 3330. The Morgan fingerprint density at radius 1 is 0.419 bits per heavy atom. The van der Waals surface area contributed by atoms with Crippen LogP contribution >= 0.6 is 0 Å². The molecule has 0 N–H and O–H groups in total. The number of benzene rings is 6. The van der Waals surface area contributed by atoms with Crippen LogP contribution in [0.15, 0.2) is 97.1 Å². The second kappa shape index (κ2) is 17.5. The van der Waals surface area contributed by atoms with Crippen LogP contribution in [0.4, 0.5) is 58.4 Å². The zero-order valence-electron chi connectivity index (χ0n) is 40.1. The van der Waals surface area contributed by atoms with E-state index in [0.29, 0.717) is 68.6 Å². The Morgan fingerprint density at radius 2 is 0.797 bits per heavy atom. The van der Waals surface area contributed by atoms with Crippen LogP contribution in [0, 0.1) is 34.6 Å². The van der Waals surface area contributed by atoms with Gasteiger partial charge in [-0.05, 0) is 134 Å². The maximum absolute atomic E-state index is 15.2. The number of aryl methyl sites for hydroxylation is 5. The van der Waals surface area contributed by atoms with E-state index in [1.165, 1.54) is 19.1 Å². The molecule has 0 saturated heterocycles. The number of ether oxygens (including phenoxy) is 2. The summed E-state index contributed by atoms with van der Waals surface area (Å²) >= 11 is 0. The molecule has 20 heteroatoms. The van der Waals surface area contributed by atoms with Crippen molar-refractivity contribution < 1.29 is 81.3 Å². The maximum atomic E-state index is 15.2. The van der Waals surface area contributed by atoms with E-state index in [1.54, 1.807) is 52.0 Å². The standard InChI is InChI=1S/C54H40F12N2O6/c1-25-9-15-41(39(17-25)51(55,56)57)73-43-26(2)18-32(19-27(43)3)49(6,7)33-20-28(4)44(29(5)21-33)74-42-16-12-34(24-40(42)52(58,59)60)68-47(71)36-14-11-31(23-38(36)48(68)72)50(53(61,62)63,54(64,65)66)30-10-13-35-37(22-30)46(70)67(8)45(35)69/h9-24H,1-8H3. The van der Waals surface area contributed by atoms with Gasteiger partial charge in [-0.3, -0.25) is 24.1 Å². The summed E-state index contributed by atoms with van der Waals surface area (Å²) in [5.74, 6) is -6.06. The predicted molar refractivity (Wildman–Crippen MR) is 245 cm³/mol. The van der Waals surface area contributed by atoms with Crippen LogP contribution in [0.2, 0.25) is 0 Å². The first-order valence-electron chi connectivity index (χ1n) is 22.2. The number of halogens is 12. The van der Waals surface area contributed by atoms with Crippen LogP contribution < -0.4 is 14.4 Å². The lowest BCUT2D eigenvalue weighted by atomic mass is 9.71. The number of fused-ring (bicyclic) bond motifs is 2. The minimum absolute atomic E-state index is 0.0186. The summed E-state index contributed by atoms with van der Waals surface area (Å²) in [4.78, 5) is 53.4. The van der Waals surface area contributed by atoms with Gasteiger partial charge in [-0.2, -0.15) is 52.7 Å². The topological polar surface area (TPSA) is 93.2 Å². The third-order valence-electron chi connectivity index (χ3n) is 13.4. The van der Waals surface area contributed by atoms with E-state index in [0.717, 1.165) is 30.8 Å². The molecule has 386 valence electrons. The minimum atomic E-state index is -6.25. The van der Waals surface area contributed by atoms with E-state index in [2.05, 4.69) is 0 Å². The number of hydrogen-bond donors (Lipinski definition) is 0. The second-order valence-corrected chi connectivity index (χ2v) is 18.8. The fourth-order valence-electron chi connectivity index (χ4n) is 9.54. The lowest BCUT2D eigenvalue weighted by Gasteiger charge is -2.38. The van der Waals surface area contributed by atoms with Crippen molar-refractivity contribution in [1.29, 1.82) is 0 Å². The van der Waals surface area contributed by atoms with Gasteiger partial charge >= 0.3 is 24.7 Å². The Morgan fingerprint density at radius 3 is 1.23 bits per heavy atom. The number of carbonyl (C=O) groups excluding carboxylic acids is 4. The number of imide groups is 2. The van der Waals surface area contributed by atoms with Crippen LogP contribution in [0.5, 0.6) is 23.0 Å². The van der Waals surface area contributed by atoms with Gasteiger partial charge < -0.3 is 9.47 Å². The molecule has 74 heavy (non-hydrogen) atoms. The van der Waals surface area contributed by atoms with E-state index in [1.807, 2.05) is 13.8 Å². The number of anilines is 1. The molecule has 6 aromatic carbocycles. The van der Waals surface area contributed by atoms with Crippen LogP contribution in [-0.2, 0) is 23.2 Å². The summed E-state index contributed by atoms with van der Waals surface area (Å²) in [5.41, 5.74) is -11.6. The first kappa shape index (κ1) is 52.7. The van der Waals surface area contributed by atoms with Crippen molar-refractivity contribution in [1.82, 2.24) is 4.90 Å². The molecule has 0 saturated carbocycles. The quantitative estimate of drug-likeness (QED) is 0.106. The smallest absolute Gasteiger partial charge is 0.420 e. The number of hydrogen-bond acceptors (Lipinski definition) is 6. The Hall–Kier alpha value is -7.64. The first-order chi connectivity index (χ1) is 34.1. The van der Waals surface area contributed by atoms with Crippen molar-refractivity contribution in [2.75, 3.05) is 11.9 Å². The molecule has 0 aliphatic carbocycles. The van der Waals surface area contributed by atoms with Gasteiger partial charge in [0.05, 0.1) is 33.5 Å². The van der Waals surface area contributed by atoms with Crippen LogP contribution in [0.3, 0.4) is 0 Å². The van der Waals surface area contributed by atoms with Gasteiger partial charge in [0.25, 0.3) is 23.6 Å². The van der Waals surface area contributed by atoms with Gasteiger partial charge in [-0.1, -0.05) is 61.9 Å². The molecule has 0 unspecified atom stereocenters. The zero-order chi connectivity index (χ0) is 54.7. The third kappa shape index (κ3) is 8.50. The van der Waals surface area contributed by atoms with Gasteiger partial charge in [0, 0.05) is 12.5 Å². The highest BCUT2D eigenvalue weighted by Gasteiger charge is 2.73. The Labute approximate surface area is 414 Å². The molecule has 0 spiro atoms. The molecule has 8 nitrogen and oxygen atoms in total. The normalized spacial score (nSPS) is 14.5. The van der Waals surface area contributed by atoms with E-state index in [9.17, 15) is 45.5 Å². The van der Waals surface area contributed by atoms with Gasteiger partial charge in [0.2, 0.25) is 5.41 Å². The van der Waals surface area contributed by atoms with Crippen molar-refractivity contribution in [2.24, 2.45) is 0 Å². The maximum Gasteiger partial charge on any atom is 0.420 e. The highest BCUT2D eigenvalue weighted by atomic mass is 19.4. The molecule has 0 fully saturated rings. The molecule has 2 aliphatic heterocycles. The SMILES string of the molecule is Cc1ccc(Oc2c(C)cc(C(C)(C)c3cc(C)c(Oc4ccc(N5C(=O)c6ccc(C(c7ccc8c(c7)C(=O)N(C)C8=O)(C(F)(F)F)C(F)(F)F)cc6C5=O)cc4C(F)(F)F)c(C)c3)cc2C)c(C(F)(F)F)c1. The highest BCUT2D eigenvalue weighted by Crippen LogP contribution is 2.57. The minimum Gasteiger partial charge on any atom is -0.456 e. The van der Waals surface area contributed by atoms with E-state index in [4.69, 9.17) is 9.47 Å². The van der Waals surface area contributed by atoms with E-state index in [-0.39, 0.29) is 34.3 Å². The summed E-state index contributed by atoms with van der Waals surface area (Å²) in [5, 5.41) is 0. The number of rotatable bonds is 9. The van der Waals surface area contributed by atoms with Crippen LogP contribution in [-0.4, -0.2) is 47.9 Å². The molecular formula is C54H40F12N2O6. The Kier molecular flexibility index (Phi) is 12.5. The third-order valence-corrected chi connectivity index (χ3v) is 13.4. The molecule has 0 bridgehead atoms. The van der Waals surface area contributed by atoms with Crippen molar-refractivity contribution in [3.05, 3.63) is 181 Å². The van der Waals surface area contributed by atoms with Crippen molar-refractivity contribution in [3.8, 4) is 23.0 Å². The number of amides is 4. The predicted octanol–water partition coefficient (Wildman–Crippen LogP) is 14.6. The lowest BCUT2D eigenvalue weighted by Crippen LogP contribution is -2.55. The summed E-state index contributed by atoms with van der Waals surface area (Å²) in [6.45, 7) is 11.7. The summed E-state index contributed by atoms with van der Waals surface area (Å²) < 4.78 is 189. The van der Waals surface area contributed by atoms with Crippen LogP contribution in [0.25, 0.3) is 0 Å². The van der Waals surface area contributed by atoms with Crippen molar-refractivity contribution >= 4 is 29.3 Å². The molecule has 6 aromatic rings. The van der Waals surface area contributed by atoms with Crippen LogP contribution in [0.1, 0.15) is 116 Å². The number of carbonyl (C=O) groups is 4. The molecule has 4 amide bonds. The average molecular weight is 1040 g/mol. The largest absolute Gasteiger partial charge is 0.456 e. The highest BCUT2D eigenvalue weighted by molar-refractivity contribution is 6.34. The monoisotopic (exact) mass is 1040 g/mol. The summed E-state index contributed by atoms with van der Waals surface area (Å²) in [7, 11) is 0.975. The molecule has 0 radical (unpaired) electrons. The molecule has 0 atom stereocenters. The van der Waals surface area contributed by atoms with Crippen molar-refractivity contribution in [3.63, 3.8) is 0 Å². The van der Waals surface area contributed by atoms with E-state index < -0.39 is 115 Å². The first-order valence-corrected chi connectivity index (χ1v) is 22.2. The fraction of sp³-hybridized carbons (Fsp3) is 0.259. The zero-order valence-corrected chi connectivity index (χ0v) is 40.1. The van der Waals surface area contributed by atoms with Gasteiger partial charge in [0.15, 0.2) is 0 Å². The van der Waals surface area contributed by atoms with Gasteiger partial charge in [-0.15, -0.1) is 0 Å². The molecule has 0 aromatic heterocycles.